The summed E-state index contributed by atoms with van der Waals surface area (Å²) in [4.78, 5) is 0. The number of aliphatic hydroxyl groups is 1. The maximum absolute atomic E-state index is 9.85. The van der Waals surface area contributed by atoms with Crippen LogP contribution in [-0.2, 0) is 10.8 Å². The monoisotopic (exact) mass is 1190 g/mol. The van der Waals surface area contributed by atoms with Crippen molar-refractivity contribution < 1.29 is 25.5 Å². The van der Waals surface area contributed by atoms with Crippen LogP contribution in [0.2, 0.25) is 0 Å². The van der Waals surface area contributed by atoms with Crippen LogP contribution in [0.1, 0.15) is 249 Å². The Balaban J connectivity index is 0.000000218. The van der Waals surface area contributed by atoms with Crippen LogP contribution in [0.5, 0.6) is 23.0 Å². The van der Waals surface area contributed by atoms with E-state index >= 15 is 0 Å². The van der Waals surface area contributed by atoms with Gasteiger partial charge in [0.2, 0.25) is 0 Å². The Morgan fingerprint density at radius 3 is 0.693 bits per heavy atom. The average molecular weight is 1190 g/mol. The summed E-state index contributed by atoms with van der Waals surface area (Å²) in [7, 11) is 0. The first kappa shape index (κ1) is 71.7. The molecule has 0 spiro atoms. The van der Waals surface area contributed by atoms with E-state index in [0.29, 0.717) is 5.41 Å². The van der Waals surface area contributed by atoms with E-state index in [-0.39, 0.29) is 23.0 Å². The van der Waals surface area contributed by atoms with Crippen LogP contribution >= 0.6 is 0 Å². The van der Waals surface area contributed by atoms with Crippen LogP contribution in [0.4, 0.5) is 0 Å². The van der Waals surface area contributed by atoms with Gasteiger partial charge in [0.1, 0.15) is 23.0 Å². The first-order valence-corrected chi connectivity index (χ1v) is 33.8. The fourth-order valence-corrected chi connectivity index (χ4v) is 12.7. The van der Waals surface area contributed by atoms with Crippen molar-refractivity contribution in [3.63, 3.8) is 0 Å². The highest BCUT2D eigenvalue weighted by Gasteiger charge is 2.47. The third kappa shape index (κ3) is 19.5. The predicted octanol–water partition coefficient (Wildman–Crippen LogP) is 23.6. The maximum Gasteiger partial charge on any atom is 0.115 e. The summed E-state index contributed by atoms with van der Waals surface area (Å²) in [5.41, 5.74) is 13.2. The molecule has 0 saturated carbocycles. The van der Waals surface area contributed by atoms with Crippen molar-refractivity contribution in [2.75, 3.05) is 0 Å². The summed E-state index contributed by atoms with van der Waals surface area (Å²) in [6, 6.07) is 63.7. The van der Waals surface area contributed by atoms with Crippen LogP contribution < -0.4 is 0 Å². The molecule has 5 nitrogen and oxygen atoms in total. The van der Waals surface area contributed by atoms with Gasteiger partial charge in [-0.05, 0) is 147 Å². The van der Waals surface area contributed by atoms with E-state index < -0.39 is 16.4 Å². The van der Waals surface area contributed by atoms with E-state index in [0.717, 1.165) is 28.7 Å². The second-order valence-electron chi connectivity index (χ2n) is 25.4. The summed E-state index contributed by atoms with van der Waals surface area (Å²) >= 11 is 0. The third-order valence-electron chi connectivity index (χ3n) is 17.0. The lowest BCUT2D eigenvalue weighted by Crippen LogP contribution is -2.28. The van der Waals surface area contributed by atoms with Gasteiger partial charge in [0.15, 0.2) is 0 Å². The van der Waals surface area contributed by atoms with E-state index in [9.17, 15) is 25.5 Å². The van der Waals surface area contributed by atoms with Gasteiger partial charge < -0.3 is 25.5 Å². The van der Waals surface area contributed by atoms with Crippen LogP contribution in [0, 0.1) is 5.41 Å². The first-order valence-electron chi connectivity index (χ1n) is 33.8. The van der Waals surface area contributed by atoms with Gasteiger partial charge in [0, 0.05) is 0 Å². The van der Waals surface area contributed by atoms with Crippen LogP contribution in [0.3, 0.4) is 0 Å². The summed E-state index contributed by atoms with van der Waals surface area (Å²) in [5.74, 6) is 0.997. The topological polar surface area (TPSA) is 101 Å². The molecule has 5 N–H and O–H groups in total. The number of hydrogen-bond donors (Lipinski definition) is 5. The standard InChI is InChI=1S/2C25H18O2.C15H32.C14H30O.2C2H6/c2*26-19-13-9-17(10-14-19)25(18-11-15-20(27)16-12-18)23-7-3-1-5-21(23)22-6-2-4-8-24(22)25;1-5-6-7-8-9-10-11-12-13-14-15(2,3)4;1-4-5-6-7-8-9-10-11-12-13-14(2,3)15;2*1-2/h2*1-16,26-27H;5-14H2,1-4H3;15H,4-13H2,1-3H3;2*1-2H3. The highest BCUT2D eigenvalue weighted by Crippen LogP contribution is 2.58. The van der Waals surface area contributed by atoms with Crippen molar-refractivity contribution in [1.82, 2.24) is 0 Å². The smallest absolute Gasteiger partial charge is 0.115 e. The molecule has 0 aromatic heterocycles. The number of phenolic OH excluding ortho intramolecular Hbond substituents is 4. The number of unbranched alkanes of at least 4 members (excludes halogenated alkanes) is 16. The molecule has 0 bridgehead atoms. The van der Waals surface area contributed by atoms with Gasteiger partial charge >= 0.3 is 0 Å². The quantitative estimate of drug-likeness (QED) is 0.0411. The Kier molecular flexibility index (Phi) is 29.7. The Bertz CT molecular complexity index is 2790. The molecule has 0 radical (unpaired) electrons. The predicted molar refractivity (Wildman–Crippen MR) is 376 cm³/mol. The van der Waals surface area contributed by atoms with E-state index in [1.165, 1.54) is 167 Å². The van der Waals surface area contributed by atoms with Crippen LogP contribution in [-0.4, -0.2) is 31.1 Å². The zero-order chi connectivity index (χ0) is 64.0. The lowest BCUT2D eigenvalue weighted by Gasteiger charge is -2.33. The molecule has 0 aliphatic heterocycles. The van der Waals surface area contributed by atoms with Gasteiger partial charge in [-0.2, -0.15) is 0 Å². The maximum atomic E-state index is 9.85. The normalized spacial score (nSPS) is 12.7. The minimum Gasteiger partial charge on any atom is -0.508 e. The zero-order valence-corrected chi connectivity index (χ0v) is 55.9. The molecule has 0 unspecified atom stereocenters. The number of rotatable bonds is 23. The van der Waals surface area contributed by atoms with Crippen molar-refractivity contribution in [2.24, 2.45) is 5.41 Å². The molecule has 88 heavy (non-hydrogen) atoms. The molecule has 2 aliphatic rings. The van der Waals surface area contributed by atoms with E-state index in [2.05, 4.69) is 132 Å². The summed E-state index contributed by atoms with van der Waals surface area (Å²) < 4.78 is 0. The van der Waals surface area contributed by atoms with Crippen molar-refractivity contribution in [3.8, 4) is 45.3 Å². The Hall–Kier alpha value is -7.08. The van der Waals surface area contributed by atoms with Gasteiger partial charge in [-0.1, -0.05) is 323 Å². The van der Waals surface area contributed by atoms with Crippen molar-refractivity contribution >= 4 is 0 Å². The highest BCUT2D eigenvalue weighted by molar-refractivity contribution is 5.87. The molecular formula is C83H110O5. The fourth-order valence-electron chi connectivity index (χ4n) is 12.7. The van der Waals surface area contributed by atoms with E-state index in [1.54, 1.807) is 48.5 Å². The fraction of sp³-hybridized carbons (Fsp3) is 0.422. The van der Waals surface area contributed by atoms with E-state index in [4.69, 9.17) is 0 Å². The molecule has 0 atom stereocenters. The van der Waals surface area contributed by atoms with Gasteiger partial charge in [0.05, 0.1) is 16.4 Å². The molecule has 5 heteroatoms. The van der Waals surface area contributed by atoms with Gasteiger partial charge in [-0.3, -0.25) is 0 Å². The number of benzene rings is 8. The molecule has 472 valence electrons. The minimum absolute atomic E-state index is 0.249. The summed E-state index contributed by atoms with van der Waals surface area (Å²) in [6.07, 6.45) is 27.5. The zero-order valence-electron chi connectivity index (χ0n) is 55.9. The van der Waals surface area contributed by atoms with Crippen molar-refractivity contribution in [2.45, 2.75) is 221 Å². The number of fused-ring (bicyclic) bond motifs is 6. The number of hydrogen-bond acceptors (Lipinski definition) is 5. The van der Waals surface area contributed by atoms with Crippen molar-refractivity contribution in [3.05, 3.63) is 239 Å². The van der Waals surface area contributed by atoms with Crippen LogP contribution in [0.15, 0.2) is 194 Å². The molecule has 2 aliphatic carbocycles. The van der Waals surface area contributed by atoms with Gasteiger partial charge in [-0.25, -0.2) is 0 Å². The molecule has 8 aromatic rings. The van der Waals surface area contributed by atoms with Gasteiger partial charge in [0.25, 0.3) is 0 Å². The van der Waals surface area contributed by atoms with E-state index in [1.807, 2.05) is 90.1 Å². The average Bonchev–Trinajstić information content (AvgIpc) is 2.37. The number of phenols is 4. The van der Waals surface area contributed by atoms with Gasteiger partial charge in [-0.15, -0.1) is 0 Å². The molecule has 0 amide bonds. The lowest BCUT2D eigenvalue weighted by molar-refractivity contribution is 0.0680. The molecule has 0 heterocycles. The molecule has 10 rings (SSSR count). The summed E-state index contributed by atoms with van der Waals surface area (Å²) in [5, 5.41) is 48.9. The Labute approximate surface area is 533 Å². The molecule has 8 aromatic carbocycles. The molecular weight excluding hydrogens is 1080 g/mol. The van der Waals surface area contributed by atoms with Crippen molar-refractivity contribution in [1.29, 1.82) is 0 Å². The molecule has 0 saturated heterocycles. The minimum atomic E-state index is -0.491. The first-order chi connectivity index (χ1) is 42.5. The van der Waals surface area contributed by atoms with Crippen LogP contribution in [0.25, 0.3) is 22.3 Å². The largest absolute Gasteiger partial charge is 0.508 e. The second-order valence-corrected chi connectivity index (χ2v) is 25.4. The number of aromatic hydroxyl groups is 4. The highest BCUT2D eigenvalue weighted by atomic mass is 16.3. The lowest BCUT2D eigenvalue weighted by atomic mass is 9.68. The second kappa shape index (κ2) is 36.4. The SMILES string of the molecule is CC.CC.CCCCCCCCCCCC(C)(C)C.CCCCCCCCCCCC(C)(C)O.Oc1ccc(C2(c3ccc(O)cc3)c3ccccc3-c3ccccc32)cc1.Oc1ccc(C2(c3ccc(O)cc3)c3ccccc3-c3ccccc32)cc1. The Morgan fingerprint density at radius 2 is 0.477 bits per heavy atom. The summed E-state index contributed by atoms with van der Waals surface area (Å²) in [6.45, 7) is 23.4. The molecule has 0 fully saturated rings. The Morgan fingerprint density at radius 1 is 0.273 bits per heavy atom. The third-order valence-corrected chi connectivity index (χ3v) is 17.0.